The van der Waals surface area contributed by atoms with Gasteiger partial charge in [0.25, 0.3) is 5.69 Å². The SMILES string of the molecule is CSCCC(=O)Nc1cc([N+](=O)[O-])ccc1O. The van der Waals surface area contributed by atoms with E-state index in [9.17, 15) is 20.0 Å². The molecule has 0 aliphatic rings. The molecule has 0 fully saturated rings. The summed E-state index contributed by atoms with van der Waals surface area (Å²) < 4.78 is 0. The van der Waals surface area contributed by atoms with E-state index in [4.69, 9.17) is 0 Å². The Hall–Kier alpha value is -1.76. The topological polar surface area (TPSA) is 92.5 Å². The largest absolute Gasteiger partial charge is 0.506 e. The van der Waals surface area contributed by atoms with E-state index in [2.05, 4.69) is 5.32 Å². The first-order valence-electron chi connectivity index (χ1n) is 4.80. The Balaban J connectivity index is 2.79. The van der Waals surface area contributed by atoms with Crippen LogP contribution in [0.1, 0.15) is 6.42 Å². The molecule has 0 saturated carbocycles. The summed E-state index contributed by atoms with van der Waals surface area (Å²) in [5.41, 5.74) is -0.117. The minimum absolute atomic E-state index is 0.0605. The Morgan fingerprint density at radius 2 is 2.29 bits per heavy atom. The van der Waals surface area contributed by atoms with Gasteiger partial charge in [0.05, 0.1) is 10.6 Å². The molecule has 0 heterocycles. The molecule has 0 bridgehead atoms. The van der Waals surface area contributed by atoms with Crippen LogP contribution in [-0.2, 0) is 4.79 Å². The maximum Gasteiger partial charge on any atom is 0.271 e. The third kappa shape index (κ3) is 3.95. The second-order valence-electron chi connectivity index (χ2n) is 3.25. The molecule has 0 aliphatic heterocycles. The summed E-state index contributed by atoms with van der Waals surface area (Å²) in [5.74, 6) is 0.185. The van der Waals surface area contributed by atoms with E-state index in [1.807, 2.05) is 6.26 Å². The number of carbonyl (C=O) groups is 1. The lowest BCUT2D eigenvalue weighted by molar-refractivity contribution is -0.384. The van der Waals surface area contributed by atoms with Crippen LogP contribution in [0.15, 0.2) is 18.2 Å². The number of phenolic OH excluding ortho intramolecular Hbond substituents is 1. The van der Waals surface area contributed by atoms with Gasteiger partial charge in [-0.15, -0.1) is 0 Å². The number of non-ortho nitro benzene ring substituents is 1. The fourth-order valence-corrected chi connectivity index (χ4v) is 1.53. The molecular formula is C10H12N2O4S. The average Bonchev–Trinajstić information content (AvgIpc) is 2.29. The van der Waals surface area contributed by atoms with Crippen LogP contribution in [-0.4, -0.2) is 27.9 Å². The van der Waals surface area contributed by atoms with Crippen molar-refractivity contribution in [3.8, 4) is 5.75 Å². The molecule has 1 aromatic rings. The summed E-state index contributed by atoms with van der Waals surface area (Å²) in [6, 6.07) is 3.49. The average molecular weight is 256 g/mol. The fraction of sp³-hybridized carbons (Fsp3) is 0.300. The molecule has 6 nitrogen and oxygen atoms in total. The van der Waals surface area contributed by atoms with Gasteiger partial charge in [0.15, 0.2) is 0 Å². The highest BCUT2D eigenvalue weighted by Crippen LogP contribution is 2.27. The summed E-state index contributed by atoms with van der Waals surface area (Å²) in [4.78, 5) is 21.3. The highest BCUT2D eigenvalue weighted by Gasteiger charge is 2.12. The van der Waals surface area contributed by atoms with E-state index >= 15 is 0 Å². The van der Waals surface area contributed by atoms with Gasteiger partial charge in [-0.25, -0.2) is 0 Å². The predicted molar refractivity (Wildman–Crippen MR) is 66.4 cm³/mol. The summed E-state index contributed by atoms with van der Waals surface area (Å²) in [6.07, 6.45) is 2.17. The number of thioether (sulfide) groups is 1. The minimum Gasteiger partial charge on any atom is -0.506 e. The van der Waals surface area contributed by atoms with Crippen molar-refractivity contribution in [3.05, 3.63) is 28.3 Å². The monoisotopic (exact) mass is 256 g/mol. The van der Waals surface area contributed by atoms with Crippen molar-refractivity contribution >= 4 is 29.0 Å². The molecule has 1 amide bonds. The maximum atomic E-state index is 11.4. The number of carbonyl (C=O) groups excluding carboxylic acids is 1. The van der Waals surface area contributed by atoms with Crippen LogP contribution < -0.4 is 5.32 Å². The number of hydrogen-bond donors (Lipinski definition) is 2. The van der Waals surface area contributed by atoms with Gasteiger partial charge in [-0.2, -0.15) is 11.8 Å². The second-order valence-corrected chi connectivity index (χ2v) is 4.24. The Labute approximate surface area is 102 Å². The van der Waals surface area contributed by atoms with Crippen LogP contribution in [0.3, 0.4) is 0 Å². The zero-order valence-electron chi connectivity index (χ0n) is 9.17. The molecule has 92 valence electrons. The van der Waals surface area contributed by atoms with E-state index in [1.165, 1.54) is 23.9 Å². The molecule has 0 atom stereocenters. The van der Waals surface area contributed by atoms with E-state index in [1.54, 1.807) is 0 Å². The van der Waals surface area contributed by atoms with Gasteiger partial charge >= 0.3 is 0 Å². The Bertz CT molecular complexity index is 436. The van der Waals surface area contributed by atoms with Crippen molar-refractivity contribution < 1.29 is 14.8 Å². The second kappa shape index (κ2) is 6.09. The molecular weight excluding hydrogens is 244 g/mol. The number of phenols is 1. The summed E-state index contributed by atoms with van der Waals surface area (Å²) >= 11 is 1.52. The zero-order chi connectivity index (χ0) is 12.8. The molecule has 1 rings (SSSR count). The van der Waals surface area contributed by atoms with Gasteiger partial charge in [0, 0.05) is 24.3 Å². The summed E-state index contributed by atoms with van der Waals surface area (Å²) in [5, 5.41) is 22.4. The first-order valence-corrected chi connectivity index (χ1v) is 6.20. The van der Waals surface area contributed by atoms with Crippen molar-refractivity contribution in [2.45, 2.75) is 6.42 Å². The zero-order valence-corrected chi connectivity index (χ0v) is 9.99. The third-order valence-electron chi connectivity index (χ3n) is 2.00. The van der Waals surface area contributed by atoms with Crippen LogP contribution >= 0.6 is 11.8 Å². The first-order chi connectivity index (χ1) is 8.04. The number of nitro groups is 1. The predicted octanol–water partition coefficient (Wildman–Crippen LogP) is 1.99. The van der Waals surface area contributed by atoms with Crippen LogP contribution in [0, 0.1) is 10.1 Å². The smallest absolute Gasteiger partial charge is 0.271 e. The van der Waals surface area contributed by atoms with Crippen LogP contribution in [0.25, 0.3) is 0 Å². The molecule has 0 aromatic heterocycles. The molecule has 0 unspecified atom stereocenters. The standard InChI is InChI=1S/C10H12N2O4S/c1-17-5-4-10(14)11-8-6-7(12(15)16)2-3-9(8)13/h2-3,6,13H,4-5H2,1H3,(H,11,14). The van der Waals surface area contributed by atoms with Gasteiger partial charge in [0.2, 0.25) is 5.91 Å². The number of nitrogens with one attached hydrogen (secondary N) is 1. The van der Waals surface area contributed by atoms with Crippen LogP contribution in [0.2, 0.25) is 0 Å². The van der Waals surface area contributed by atoms with Crippen molar-refractivity contribution in [1.29, 1.82) is 0 Å². The maximum absolute atomic E-state index is 11.4. The quantitative estimate of drug-likeness (QED) is 0.477. The molecule has 0 radical (unpaired) electrons. The van der Waals surface area contributed by atoms with E-state index in [-0.39, 0.29) is 23.0 Å². The molecule has 2 N–H and O–H groups in total. The number of rotatable bonds is 5. The number of nitrogens with zero attached hydrogens (tertiary/aromatic N) is 1. The molecule has 17 heavy (non-hydrogen) atoms. The first kappa shape index (κ1) is 13.3. The lowest BCUT2D eigenvalue weighted by Crippen LogP contribution is -2.12. The van der Waals surface area contributed by atoms with E-state index in [0.717, 1.165) is 6.07 Å². The minimum atomic E-state index is -0.586. The molecule has 0 spiro atoms. The number of anilines is 1. The Morgan fingerprint density at radius 1 is 1.59 bits per heavy atom. The lowest BCUT2D eigenvalue weighted by Gasteiger charge is -2.06. The van der Waals surface area contributed by atoms with Gasteiger partial charge < -0.3 is 10.4 Å². The normalized spacial score (nSPS) is 9.94. The van der Waals surface area contributed by atoms with Crippen LogP contribution in [0.5, 0.6) is 5.75 Å². The highest BCUT2D eigenvalue weighted by atomic mass is 32.2. The summed E-state index contributed by atoms with van der Waals surface area (Å²) in [7, 11) is 0. The third-order valence-corrected chi connectivity index (χ3v) is 2.61. The van der Waals surface area contributed by atoms with Crippen molar-refractivity contribution in [1.82, 2.24) is 0 Å². The fourth-order valence-electron chi connectivity index (χ4n) is 1.15. The van der Waals surface area contributed by atoms with Gasteiger partial charge in [-0.1, -0.05) is 0 Å². The number of nitro benzene ring substituents is 1. The summed E-state index contributed by atoms with van der Waals surface area (Å²) in [6.45, 7) is 0. The lowest BCUT2D eigenvalue weighted by atomic mass is 10.2. The number of aromatic hydroxyl groups is 1. The van der Waals surface area contributed by atoms with Gasteiger partial charge in [0.1, 0.15) is 5.75 Å². The van der Waals surface area contributed by atoms with Gasteiger partial charge in [-0.3, -0.25) is 14.9 Å². The Kier molecular flexibility index (Phi) is 4.77. The highest BCUT2D eigenvalue weighted by molar-refractivity contribution is 7.98. The number of amides is 1. The molecule has 1 aromatic carbocycles. The number of benzene rings is 1. The van der Waals surface area contributed by atoms with E-state index < -0.39 is 4.92 Å². The van der Waals surface area contributed by atoms with Crippen molar-refractivity contribution in [2.75, 3.05) is 17.3 Å². The number of hydrogen-bond acceptors (Lipinski definition) is 5. The van der Waals surface area contributed by atoms with Crippen LogP contribution in [0.4, 0.5) is 11.4 Å². The molecule has 0 saturated heterocycles. The van der Waals surface area contributed by atoms with Crippen molar-refractivity contribution in [2.24, 2.45) is 0 Å². The Morgan fingerprint density at radius 3 is 2.88 bits per heavy atom. The molecule has 7 heteroatoms. The van der Waals surface area contributed by atoms with Gasteiger partial charge in [-0.05, 0) is 12.3 Å². The van der Waals surface area contributed by atoms with E-state index in [0.29, 0.717) is 12.2 Å². The van der Waals surface area contributed by atoms with Crippen molar-refractivity contribution in [3.63, 3.8) is 0 Å². The molecule has 0 aliphatic carbocycles.